The van der Waals surface area contributed by atoms with Crippen LogP contribution < -0.4 is 9.64 Å². The summed E-state index contributed by atoms with van der Waals surface area (Å²) in [6.45, 7) is 2.69. The summed E-state index contributed by atoms with van der Waals surface area (Å²) in [5.41, 5.74) is 2.29. The van der Waals surface area contributed by atoms with E-state index in [2.05, 4.69) is 9.88 Å². The molecule has 2 aromatic carbocycles. The number of methoxy groups -OCH3 is 1. The monoisotopic (exact) mass is 426 g/mol. The molecular formula is C22H23FN4O2S. The van der Waals surface area contributed by atoms with Gasteiger partial charge in [0.1, 0.15) is 17.3 Å². The number of nitrogens with zero attached hydrogens (tertiary/aromatic N) is 4. The van der Waals surface area contributed by atoms with Gasteiger partial charge in [-0.2, -0.15) is 0 Å². The largest absolute Gasteiger partial charge is 0.497 e. The van der Waals surface area contributed by atoms with Crippen molar-refractivity contribution in [3.63, 3.8) is 0 Å². The number of imidazole rings is 1. The lowest BCUT2D eigenvalue weighted by molar-refractivity contribution is 0.0738. The molecule has 0 bridgehead atoms. The highest BCUT2D eigenvalue weighted by atomic mass is 32.2. The van der Waals surface area contributed by atoms with E-state index in [4.69, 9.17) is 4.74 Å². The molecular weight excluding hydrogens is 403 g/mol. The summed E-state index contributed by atoms with van der Waals surface area (Å²) in [6, 6.07) is 14.0. The van der Waals surface area contributed by atoms with Gasteiger partial charge < -0.3 is 14.5 Å². The summed E-state index contributed by atoms with van der Waals surface area (Å²) in [6.07, 6.45) is 3.51. The smallest absolute Gasteiger partial charge is 0.272 e. The van der Waals surface area contributed by atoms with Gasteiger partial charge in [0.25, 0.3) is 5.91 Å². The first-order valence-corrected chi connectivity index (χ1v) is 10.9. The van der Waals surface area contributed by atoms with E-state index < -0.39 is 0 Å². The van der Waals surface area contributed by atoms with Crippen LogP contribution >= 0.6 is 11.8 Å². The highest BCUT2D eigenvalue weighted by molar-refractivity contribution is 7.98. The van der Waals surface area contributed by atoms with Crippen LogP contribution in [0.1, 0.15) is 10.5 Å². The van der Waals surface area contributed by atoms with Crippen molar-refractivity contribution in [2.75, 3.05) is 44.4 Å². The van der Waals surface area contributed by atoms with Crippen molar-refractivity contribution >= 4 is 23.4 Å². The van der Waals surface area contributed by atoms with E-state index in [0.717, 1.165) is 30.2 Å². The second-order valence-electron chi connectivity index (χ2n) is 6.92. The molecule has 2 heterocycles. The number of hydrogen-bond acceptors (Lipinski definition) is 5. The third-order valence-electron chi connectivity index (χ3n) is 5.20. The maximum absolute atomic E-state index is 13.4. The standard InChI is InChI=1S/C22H23FN4O2S/c1-29-19-5-3-4-18(14-19)25-10-12-26(13-11-25)21(28)20-15-24-22(30-2)27(20)17-8-6-16(23)7-9-17/h3-9,14-15H,10-13H2,1-2H3. The van der Waals surface area contributed by atoms with Crippen LogP contribution in [0.25, 0.3) is 5.69 Å². The molecule has 3 aromatic rings. The topological polar surface area (TPSA) is 50.6 Å². The maximum Gasteiger partial charge on any atom is 0.272 e. The zero-order chi connectivity index (χ0) is 21.1. The Morgan fingerprint density at radius 3 is 2.47 bits per heavy atom. The molecule has 8 heteroatoms. The lowest BCUT2D eigenvalue weighted by Crippen LogP contribution is -2.49. The maximum atomic E-state index is 13.4. The quantitative estimate of drug-likeness (QED) is 0.583. The molecule has 0 aliphatic carbocycles. The zero-order valence-electron chi connectivity index (χ0n) is 16.9. The number of halogens is 1. The van der Waals surface area contributed by atoms with E-state index in [1.54, 1.807) is 30.0 Å². The molecule has 0 atom stereocenters. The van der Waals surface area contributed by atoms with Crippen molar-refractivity contribution in [3.8, 4) is 11.4 Å². The summed E-state index contributed by atoms with van der Waals surface area (Å²) in [7, 11) is 1.66. The number of thioether (sulfide) groups is 1. The second-order valence-corrected chi connectivity index (χ2v) is 7.70. The number of amides is 1. The minimum Gasteiger partial charge on any atom is -0.497 e. The predicted molar refractivity (Wildman–Crippen MR) is 116 cm³/mol. The summed E-state index contributed by atoms with van der Waals surface area (Å²) in [4.78, 5) is 21.8. The third-order valence-corrected chi connectivity index (χ3v) is 5.85. The van der Waals surface area contributed by atoms with Crippen molar-refractivity contribution in [3.05, 3.63) is 66.2 Å². The van der Waals surface area contributed by atoms with Gasteiger partial charge in [-0.05, 0) is 42.7 Å². The van der Waals surface area contributed by atoms with Crippen molar-refractivity contribution in [2.45, 2.75) is 5.16 Å². The zero-order valence-corrected chi connectivity index (χ0v) is 17.7. The van der Waals surface area contributed by atoms with E-state index in [0.29, 0.717) is 23.9 Å². The van der Waals surface area contributed by atoms with Gasteiger partial charge in [-0.1, -0.05) is 17.8 Å². The average molecular weight is 427 g/mol. The van der Waals surface area contributed by atoms with Crippen molar-refractivity contribution in [2.24, 2.45) is 0 Å². The number of anilines is 1. The minimum absolute atomic E-state index is 0.0718. The number of aromatic nitrogens is 2. The van der Waals surface area contributed by atoms with Gasteiger partial charge in [0.05, 0.1) is 13.3 Å². The molecule has 0 unspecified atom stereocenters. The molecule has 0 saturated carbocycles. The molecule has 1 saturated heterocycles. The predicted octanol–water partition coefficient (Wildman–Crippen LogP) is 3.70. The van der Waals surface area contributed by atoms with Crippen LogP contribution in [0.3, 0.4) is 0 Å². The first kappa shape index (κ1) is 20.3. The molecule has 30 heavy (non-hydrogen) atoms. The Bertz CT molecular complexity index is 1030. The van der Waals surface area contributed by atoms with E-state index >= 15 is 0 Å². The van der Waals surface area contributed by atoms with Gasteiger partial charge in [0, 0.05) is 43.6 Å². The van der Waals surface area contributed by atoms with Crippen molar-refractivity contribution in [1.29, 1.82) is 0 Å². The van der Waals surface area contributed by atoms with E-state index in [-0.39, 0.29) is 11.7 Å². The van der Waals surface area contributed by atoms with Gasteiger partial charge >= 0.3 is 0 Å². The highest BCUT2D eigenvalue weighted by Crippen LogP contribution is 2.25. The van der Waals surface area contributed by atoms with Crippen LogP contribution in [-0.2, 0) is 0 Å². The number of rotatable bonds is 5. The van der Waals surface area contributed by atoms with Crippen LogP contribution in [0.5, 0.6) is 5.75 Å². The first-order valence-electron chi connectivity index (χ1n) is 9.66. The van der Waals surface area contributed by atoms with Crippen LogP contribution in [0.4, 0.5) is 10.1 Å². The Balaban J connectivity index is 1.52. The van der Waals surface area contributed by atoms with E-state index in [1.165, 1.54) is 23.9 Å². The van der Waals surface area contributed by atoms with Crippen LogP contribution in [0, 0.1) is 5.82 Å². The summed E-state index contributed by atoms with van der Waals surface area (Å²) < 4.78 is 20.5. The van der Waals surface area contributed by atoms with Crippen molar-refractivity contribution < 1.29 is 13.9 Å². The average Bonchev–Trinajstić information content (AvgIpc) is 3.23. The molecule has 1 aromatic heterocycles. The van der Waals surface area contributed by atoms with Gasteiger partial charge in [0.15, 0.2) is 5.16 Å². The van der Waals surface area contributed by atoms with Crippen LogP contribution in [-0.4, -0.2) is 59.9 Å². The van der Waals surface area contributed by atoms with Gasteiger partial charge in [0.2, 0.25) is 0 Å². The minimum atomic E-state index is -0.314. The fourth-order valence-electron chi connectivity index (χ4n) is 3.61. The molecule has 6 nitrogen and oxygen atoms in total. The van der Waals surface area contributed by atoms with Gasteiger partial charge in [-0.25, -0.2) is 9.37 Å². The fourth-order valence-corrected chi connectivity index (χ4v) is 4.15. The summed E-state index contributed by atoms with van der Waals surface area (Å²) >= 11 is 1.45. The summed E-state index contributed by atoms with van der Waals surface area (Å²) in [5, 5.41) is 0.694. The van der Waals surface area contributed by atoms with E-state index in [1.807, 2.05) is 35.4 Å². The van der Waals surface area contributed by atoms with Crippen LogP contribution in [0.2, 0.25) is 0 Å². The Hall–Kier alpha value is -3.00. The normalized spacial score (nSPS) is 14.1. The third kappa shape index (κ3) is 4.00. The number of ether oxygens (including phenoxy) is 1. The summed E-state index contributed by atoms with van der Waals surface area (Å²) in [5.74, 6) is 0.433. The number of hydrogen-bond donors (Lipinski definition) is 0. The molecule has 4 rings (SSSR count). The molecule has 1 aliphatic heterocycles. The number of carbonyl (C=O) groups is 1. The second kappa shape index (κ2) is 8.79. The highest BCUT2D eigenvalue weighted by Gasteiger charge is 2.26. The van der Waals surface area contributed by atoms with Gasteiger partial charge in [-0.3, -0.25) is 9.36 Å². The van der Waals surface area contributed by atoms with Crippen LogP contribution in [0.15, 0.2) is 59.9 Å². The number of carbonyl (C=O) groups excluding carboxylic acids is 1. The number of piperazine rings is 1. The molecule has 0 radical (unpaired) electrons. The Kier molecular flexibility index (Phi) is 5.94. The van der Waals surface area contributed by atoms with Gasteiger partial charge in [-0.15, -0.1) is 0 Å². The van der Waals surface area contributed by atoms with E-state index in [9.17, 15) is 9.18 Å². The molecule has 0 spiro atoms. The number of benzene rings is 2. The molecule has 1 aliphatic rings. The Morgan fingerprint density at radius 1 is 1.07 bits per heavy atom. The Labute approximate surface area is 179 Å². The molecule has 156 valence electrons. The first-order chi connectivity index (χ1) is 14.6. The lowest BCUT2D eigenvalue weighted by Gasteiger charge is -2.36. The SMILES string of the molecule is COc1cccc(N2CCN(C(=O)c3cnc(SC)n3-c3ccc(F)cc3)CC2)c1. The lowest BCUT2D eigenvalue weighted by atomic mass is 10.2. The fraction of sp³-hybridized carbons (Fsp3) is 0.273. The molecule has 1 amide bonds. The Morgan fingerprint density at radius 2 is 1.80 bits per heavy atom. The molecule has 1 fully saturated rings. The molecule has 0 N–H and O–H groups in total. The van der Waals surface area contributed by atoms with Crippen molar-refractivity contribution in [1.82, 2.24) is 14.5 Å².